The van der Waals surface area contributed by atoms with Gasteiger partial charge in [0.25, 0.3) is 0 Å². The fraction of sp³-hybridized carbons (Fsp3) is 0.280. The van der Waals surface area contributed by atoms with Crippen LogP contribution in [0.5, 0.6) is 11.5 Å². The lowest BCUT2D eigenvalue weighted by molar-refractivity contribution is 0.174. The number of aryl methyl sites for hydroxylation is 1. The van der Waals surface area contributed by atoms with E-state index < -0.39 is 0 Å². The number of halogens is 1. The van der Waals surface area contributed by atoms with E-state index in [0.717, 1.165) is 30.2 Å². The Morgan fingerprint density at radius 3 is 2.61 bits per heavy atom. The normalized spacial score (nSPS) is 23.5. The van der Waals surface area contributed by atoms with Crippen LogP contribution in [0.15, 0.2) is 60.7 Å². The Labute approximate surface area is 180 Å². The van der Waals surface area contributed by atoms with E-state index in [2.05, 4.69) is 53.0 Å². The molecule has 0 aromatic heterocycles. The van der Waals surface area contributed by atoms with Gasteiger partial charge in [0.05, 0.1) is 12.1 Å². The first-order chi connectivity index (χ1) is 15.2. The molecule has 5 nitrogen and oxygen atoms in total. The second-order valence-electron chi connectivity index (χ2n) is 8.59. The van der Waals surface area contributed by atoms with Gasteiger partial charge in [-0.2, -0.15) is 0 Å². The second-order valence-corrected chi connectivity index (χ2v) is 8.59. The van der Waals surface area contributed by atoms with Crippen molar-refractivity contribution in [1.29, 1.82) is 0 Å². The molecule has 6 heteroatoms. The van der Waals surface area contributed by atoms with E-state index in [0.29, 0.717) is 5.92 Å². The molecule has 31 heavy (non-hydrogen) atoms. The first kappa shape index (κ1) is 18.7. The topological polar surface area (TPSA) is 45.8 Å². The quantitative estimate of drug-likeness (QED) is 0.662. The Hall–Kier alpha value is -3.09. The number of fused-ring (bicyclic) bond motifs is 4. The summed E-state index contributed by atoms with van der Waals surface area (Å²) >= 11 is 0. The van der Waals surface area contributed by atoms with Gasteiger partial charge in [0.15, 0.2) is 11.5 Å². The third kappa shape index (κ3) is 3.23. The van der Waals surface area contributed by atoms with E-state index in [1.165, 1.54) is 34.5 Å². The molecule has 3 aliphatic rings. The first-order valence-corrected chi connectivity index (χ1v) is 10.7. The number of nitrogens with one attached hydrogen (secondary N) is 2. The molecule has 0 bridgehead atoms. The molecule has 3 aliphatic heterocycles. The van der Waals surface area contributed by atoms with Gasteiger partial charge in [-0.25, -0.2) is 15.2 Å². The van der Waals surface area contributed by atoms with Gasteiger partial charge in [0.1, 0.15) is 5.82 Å². The zero-order valence-electron chi connectivity index (χ0n) is 17.3. The maximum atomic E-state index is 13.4. The van der Waals surface area contributed by atoms with Crippen LogP contribution in [0.3, 0.4) is 0 Å². The van der Waals surface area contributed by atoms with Crippen LogP contribution in [-0.2, 0) is 6.54 Å². The average Bonchev–Trinajstić information content (AvgIpc) is 3.41. The van der Waals surface area contributed by atoms with Crippen LogP contribution in [0.4, 0.5) is 10.1 Å². The Balaban J connectivity index is 1.36. The SMILES string of the molecule is Cc1ccc2c(c1)C1NNC(c3ccc4c(c3)OCO4)C1CN2Cc1ccc(F)cc1. The average molecular weight is 417 g/mol. The fourth-order valence-corrected chi connectivity index (χ4v) is 5.07. The minimum atomic E-state index is -0.203. The highest BCUT2D eigenvalue weighted by molar-refractivity contribution is 5.60. The molecule has 6 rings (SSSR count). The van der Waals surface area contributed by atoms with Crippen molar-refractivity contribution < 1.29 is 13.9 Å². The van der Waals surface area contributed by atoms with Gasteiger partial charge in [-0.1, -0.05) is 35.9 Å². The van der Waals surface area contributed by atoms with Crippen molar-refractivity contribution in [3.05, 3.63) is 88.7 Å². The first-order valence-electron chi connectivity index (χ1n) is 10.7. The number of rotatable bonds is 3. The molecule has 3 aromatic rings. The Kier molecular flexibility index (Phi) is 4.37. The molecule has 3 heterocycles. The van der Waals surface area contributed by atoms with Gasteiger partial charge in [0, 0.05) is 24.7 Å². The maximum absolute atomic E-state index is 13.4. The molecule has 3 atom stereocenters. The molecule has 3 unspecified atom stereocenters. The minimum absolute atomic E-state index is 0.142. The monoisotopic (exact) mass is 417 g/mol. The predicted octanol–water partition coefficient (Wildman–Crippen LogP) is 4.39. The zero-order chi connectivity index (χ0) is 20.9. The van der Waals surface area contributed by atoms with Crippen molar-refractivity contribution >= 4 is 5.69 Å². The largest absolute Gasteiger partial charge is 0.454 e. The molecule has 2 N–H and O–H groups in total. The molecule has 3 aromatic carbocycles. The van der Waals surface area contributed by atoms with E-state index in [-0.39, 0.29) is 24.7 Å². The van der Waals surface area contributed by atoms with E-state index in [1.807, 2.05) is 18.2 Å². The molecule has 0 saturated carbocycles. The number of anilines is 1. The van der Waals surface area contributed by atoms with Crippen LogP contribution >= 0.6 is 0 Å². The number of ether oxygens (including phenoxy) is 2. The second kappa shape index (κ2) is 7.25. The summed E-state index contributed by atoms with van der Waals surface area (Å²) in [6.07, 6.45) is 0. The van der Waals surface area contributed by atoms with Crippen molar-refractivity contribution in [1.82, 2.24) is 10.9 Å². The van der Waals surface area contributed by atoms with Gasteiger partial charge in [-0.3, -0.25) is 0 Å². The lowest BCUT2D eigenvalue weighted by Crippen LogP contribution is -2.39. The summed E-state index contributed by atoms with van der Waals surface area (Å²) < 4.78 is 24.5. The lowest BCUT2D eigenvalue weighted by Gasteiger charge is -2.39. The molecule has 0 radical (unpaired) electrons. The van der Waals surface area contributed by atoms with E-state index in [1.54, 1.807) is 0 Å². The van der Waals surface area contributed by atoms with Crippen molar-refractivity contribution in [2.24, 2.45) is 5.92 Å². The van der Waals surface area contributed by atoms with Gasteiger partial charge >= 0.3 is 0 Å². The van der Waals surface area contributed by atoms with E-state index in [4.69, 9.17) is 9.47 Å². The highest BCUT2D eigenvalue weighted by Gasteiger charge is 2.43. The number of benzene rings is 3. The van der Waals surface area contributed by atoms with Crippen molar-refractivity contribution in [3.63, 3.8) is 0 Å². The van der Waals surface area contributed by atoms with Gasteiger partial charge in [-0.05, 0) is 53.9 Å². The van der Waals surface area contributed by atoms with Crippen LogP contribution in [0, 0.1) is 18.7 Å². The molecule has 158 valence electrons. The Bertz CT molecular complexity index is 1130. The summed E-state index contributed by atoms with van der Waals surface area (Å²) in [6.45, 7) is 4.04. The summed E-state index contributed by atoms with van der Waals surface area (Å²) in [5.74, 6) is 1.73. The van der Waals surface area contributed by atoms with Crippen LogP contribution in [0.2, 0.25) is 0 Å². The maximum Gasteiger partial charge on any atom is 0.231 e. The third-order valence-electron chi connectivity index (χ3n) is 6.58. The molecule has 0 spiro atoms. The van der Waals surface area contributed by atoms with Crippen molar-refractivity contribution in [3.8, 4) is 11.5 Å². The van der Waals surface area contributed by atoms with Crippen LogP contribution in [0.1, 0.15) is 34.3 Å². The smallest absolute Gasteiger partial charge is 0.231 e. The molecule has 0 amide bonds. The van der Waals surface area contributed by atoms with E-state index >= 15 is 0 Å². The van der Waals surface area contributed by atoms with Crippen LogP contribution < -0.4 is 25.2 Å². The number of hydrogen-bond donors (Lipinski definition) is 2. The molecular formula is C25H24FN3O2. The summed E-state index contributed by atoms with van der Waals surface area (Å²) in [6, 6.07) is 20.0. The van der Waals surface area contributed by atoms with E-state index in [9.17, 15) is 4.39 Å². The highest BCUT2D eigenvalue weighted by Crippen LogP contribution is 2.47. The van der Waals surface area contributed by atoms with Gasteiger partial charge in [-0.15, -0.1) is 0 Å². The highest BCUT2D eigenvalue weighted by atomic mass is 19.1. The summed E-state index contributed by atoms with van der Waals surface area (Å²) in [7, 11) is 0. The number of hydrazine groups is 1. The van der Waals surface area contributed by atoms with Gasteiger partial charge < -0.3 is 14.4 Å². The molecule has 1 saturated heterocycles. The summed E-state index contributed by atoms with van der Waals surface area (Å²) in [5.41, 5.74) is 13.1. The van der Waals surface area contributed by atoms with Crippen LogP contribution in [0.25, 0.3) is 0 Å². The van der Waals surface area contributed by atoms with Gasteiger partial charge in [0.2, 0.25) is 6.79 Å². The van der Waals surface area contributed by atoms with Crippen LogP contribution in [-0.4, -0.2) is 13.3 Å². The molecule has 1 fully saturated rings. The molecule has 0 aliphatic carbocycles. The lowest BCUT2D eigenvalue weighted by atomic mass is 9.81. The summed E-state index contributed by atoms with van der Waals surface area (Å²) in [5, 5.41) is 0. The van der Waals surface area contributed by atoms with Crippen molar-refractivity contribution in [2.45, 2.75) is 25.6 Å². The van der Waals surface area contributed by atoms with Crippen molar-refractivity contribution in [2.75, 3.05) is 18.2 Å². The third-order valence-corrected chi connectivity index (χ3v) is 6.58. The fourth-order valence-electron chi connectivity index (χ4n) is 5.07. The predicted molar refractivity (Wildman–Crippen MR) is 116 cm³/mol. The molecular weight excluding hydrogens is 393 g/mol. The minimum Gasteiger partial charge on any atom is -0.454 e. The number of hydrogen-bond acceptors (Lipinski definition) is 5. The Morgan fingerprint density at radius 1 is 0.935 bits per heavy atom. The summed E-state index contributed by atoms with van der Waals surface area (Å²) in [4.78, 5) is 2.41. The zero-order valence-corrected chi connectivity index (χ0v) is 17.3. The standard InChI is InChI=1S/C25H24FN3O2/c1-15-2-8-21-19(10-15)25-20(13-29(21)12-16-3-6-18(26)7-4-16)24(27-28-25)17-5-9-22-23(11-17)31-14-30-22/h2-11,20,24-25,27-28H,12-14H2,1H3. The Morgan fingerprint density at radius 2 is 1.74 bits per heavy atom. The number of nitrogens with zero attached hydrogens (tertiary/aromatic N) is 1.